The molecule has 0 saturated heterocycles. The molecule has 0 N–H and O–H groups in total. The molecule has 2 aromatic heterocycles. The molecule has 0 atom stereocenters. The minimum Gasteiger partial charge on any atom is -0.490 e. The Morgan fingerprint density at radius 3 is 2.96 bits per heavy atom. The summed E-state index contributed by atoms with van der Waals surface area (Å²) in [7, 11) is 0. The summed E-state index contributed by atoms with van der Waals surface area (Å²) >= 11 is 5.85. The normalized spacial score (nSPS) is 10.7. The number of benzene rings is 1. The standard InChI is InChI=1S/C15H13ClN4O3/c1-10-5-6-17-15-18-13(19-20(10)15)14(21)23-8-7-22-12-4-2-3-11(16)9-12/h2-6,9H,7-8H2,1H3. The lowest BCUT2D eigenvalue weighted by molar-refractivity contribution is 0.0436. The molecule has 0 spiro atoms. The fourth-order valence-electron chi connectivity index (χ4n) is 1.91. The van der Waals surface area contributed by atoms with E-state index >= 15 is 0 Å². The number of carbonyl (C=O) groups excluding carboxylic acids is 1. The van der Waals surface area contributed by atoms with Gasteiger partial charge in [0.2, 0.25) is 0 Å². The number of aromatic nitrogens is 4. The SMILES string of the molecule is Cc1ccnc2nc(C(=O)OCCOc3cccc(Cl)c3)nn12. The van der Waals surface area contributed by atoms with Gasteiger partial charge in [0.1, 0.15) is 19.0 Å². The molecule has 2 heterocycles. The van der Waals surface area contributed by atoms with Gasteiger partial charge < -0.3 is 9.47 Å². The fourth-order valence-corrected chi connectivity index (χ4v) is 2.09. The molecule has 0 unspecified atom stereocenters. The third-order valence-corrected chi connectivity index (χ3v) is 3.23. The van der Waals surface area contributed by atoms with Gasteiger partial charge in [0, 0.05) is 16.9 Å². The maximum absolute atomic E-state index is 11.9. The molecule has 0 radical (unpaired) electrons. The molecule has 1 aromatic carbocycles. The summed E-state index contributed by atoms with van der Waals surface area (Å²) in [6, 6.07) is 8.75. The molecule has 0 aliphatic heterocycles. The Kier molecular flexibility index (Phi) is 4.38. The van der Waals surface area contributed by atoms with E-state index in [2.05, 4.69) is 15.1 Å². The van der Waals surface area contributed by atoms with Crippen molar-refractivity contribution in [3.8, 4) is 5.75 Å². The Morgan fingerprint density at radius 1 is 1.30 bits per heavy atom. The van der Waals surface area contributed by atoms with E-state index in [4.69, 9.17) is 21.1 Å². The molecule has 3 rings (SSSR count). The second kappa shape index (κ2) is 6.62. The van der Waals surface area contributed by atoms with E-state index in [1.54, 1.807) is 36.5 Å². The summed E-state index contributed by atoms with van der Waals surface area (Å²) in [5, 5.41) is 4.65. The highest BCUT2D eigenvalue weighted by Crippen LogP contribution is 2.16. The maximum Gasteiger partial charge on any atom is 0.378 e. The van der Waals surface area contributed by atoms with Gasteiger partial charge in [0.25, 0.3) is 11.6 Å². The summed E-state index contributed by atoms with van der Waals surface area (Å²) in [5.41, 5.74) is 0.825. The van der Waals surface area contributed by atoms with Gasteiger partial charge in [-0.25, -0.2) is 14.3 Å². The Balaban J connectivity index is 1.55. The molecule has 3 aromatic rings. The van der Waals surface area contributed by atoms with Gasteiger partial charge in [-0.1, -0.05) is 17.7 Å². The van der Waals surface area contributed by atoms with Crippen LogP contribution in [0.1, 0.15) is 16.3 Å². The van der Waals surface area contributed by atoms with Crippen LogP contribution in [0.3, 0.4) is 0 Å². The van der Waals surface area contributed by atoms with Gasteiger partial charge in [-0.15, -0.1) is 5.10 Å². The van der Waals surface area contributed by atoms with Crippen molar-refractivity contribution in [2.45, 2.75) is 6.92 Å². The van der Waals surface area contributed by atoms with E-state index in [1.165, 1.54) is 4.52 Å². The summed E-state index contributed by atoms with van der Waals surface area (Å²) < 4.78 is 12.0. The average molecular weight is 333 g/mol. The topological polar surface area (TPSA) is 78.6 Å². The van der Waals surface area contributed by atoms with Gasteiger partial charge in [-0.05, 0) is 31.2 Å². The summed E-state index contributed by atoms with van der Waals surface area (Å²) in [4.78, 5) is 20.0. The number of esters is 1. The van der Waals surface area contributed by atoms with Crippen LogP contribution in [-0.2, 0) is 4.74 Å². The number of aryl methyl sites for hydroxylation is 1. The minimum atomic E-state index is -0.621. The lowest BCUT2D eigenvalue weighted by Gasteiger charge is -2.06. The molecule has 0 aliphatic carbocycles. The van der Waals surface area contributed by atoms with E-state index in [1.807, 2.05) is 6.92 Å². The van der Waals surface area contributed by atoms with Crippen LogP contribution in [-0.4, -0.2) is 38.8 Å². The van der Waals surface area contributed by atoms with Crippen molar-refractivity contribution in [2.75, 3.05) is 13.2 Å². The van der Waals surface area contributed by atoms with Crippen molar-refractivity contribution in [1.82, 2.24) is 19.6 Å². The van der Waals surface area contributed by atoms with E-state index in [9.17, 15) is 4.79 Å². The van der Waals surface area contributed by atoms with Crippen LogP contribution >= 0.6 is 11.6 Å². The van der Waals surface area contributed by atoms with Crippen LogP contribution in [0.15, 0.2) is 36.5 Å². The van der Waals surface area contributed by atoms with Crippen LogP contribution < -0.4 is 4.74 Å². The first-order valence-corrected chi connectivity index (χ1v) is 7.25. The van der Waals surface area contributed by atoms with Gasteiger partial charge in [0.15, 0.2) is 0 Å². The number of halogens is 1. The second-order valence-corrected chi connectivity index (χ2v) is 5.11. The Hall–Kier alpha value is -2.67. The van der Waals surface area contributed by atoms with E-state index in [0.29, 0.717) is 16.5 Å². The molecule has 7 nitrogen and oxygen atoms in total. The van der Waals surface area contributed by atoms with Crippen molar-refractivity contribution in [3.05, 3.63) is 53.1 Å². The number of carbonyl (C=O) groups is 1. The monoisotopic (exact) mass is 332 g/mol. The van der Waals surface area contributed by atoms with Crippen molar-refractivity contribution < 1.29 is 14.3 Å². The zero-order valence-electron chi connectivity index (χ0n) is 12.3. The molecule has 118 valence electrons. The Labute approximate surface area is 136 Å². The van der Waals surface area contributed by atoms with Gasteiger partial charge in [-0.2, -0.15) is 4.98 Å². The second-order valence-electron chi connectivity index (χ2n) is 4.68. The van der Waals surface area contributed by atoms with Crippen molar-refractivity contribution in [2.24, 2.45) is 0 Å². The molecule has 0 saturated carbocycles. The molecule has 0 fully saturated rings. The number of hydrogen-bond donors (Lipinski definition) is 0. The van der Waals surface area contributed by atoms with E-state index < -0.39 is 5.97 Å². The van der Waals surface area contributed by atoms with Crippen molar-refractivity contribution >= 4 is 23.3 Å². The van der Waals surface area contributed by atoms with Gasteiger partial charge >= 0.3 is 5.97 Å². The van der Waals surface area contributed by atoms with E-state index in [0.717, 1.165) is 5.69 Å². The molecule has 8 heteroatoms. The highest BCUT2D eigenvalue weighted by molar-refractivity contribution is 6.30. The van der Waals surface area contributed by atoms with Crippen LogP contribution in [0.25, 0.3) is 5.78 Å². The number of fused-ring (bicyclic) bond motifs is 1. The zero-order chi connectivity index (χ0) is 16.2. The lowest BCUT2D eigenvalue weighted by atomic mass is 10.3. The first-order valence-electron chi connectivity index (χ1n) is 6.87. The lowest BCUT2D eigenvalue weighted by Crippen LogP contribution is -2.13. The quantitative estimate of drug-likeness (QED) is 0.527. The summed E-state index contributed by atoms with van der Waals surface area (Å²) in [6.45, 7) is 2.13. The summed E-state index contributed by atoms with van der Waals surface area (Å²) in [5.74, 6) is 0.311. The smallest absolute Gasteiger partial charge is 0.378 e. The third kappa shape index (κ3) is 3.57. The maximum atomic E-state index is 11.9. The Bertz CT molecular complexity index is 850. The van der Waals surface area contributed by atoms with Gasteiger partial charge in [0.05, 0.1) is 0 Å². The van der Waals surface area contributed by atoms with Crippen LogP contribution in [0.2, 0.25) is 5.02 Å². The highest BCUT2D eigenvalue weighted by Gasteiger charge is 2.15. The molecular weight excluding hydrogens is 320 g/mol. The Morgan fingerprint density at radius 2 is 2.17 bits per heavy atom. The molecule has 23 heavy (non-hydrogen) atoms. The first kappa shape index (κ1) is 15.2. The largest absolute Gasteiger partial charge is 0.490 e. The van der Waals surface area contributed by atoms with Crippen LogP contribution in [0.4, 0.5) is 0 Å². The number of nitrogens with zero attached hydrogens (tertiary/aromatic N) is 4. The minimum absolute atomic E-state index is 0.0328. The molecule has 0 bridgehead atoms. The van der Waals surface area contributed by atoms with Crippen LogP contribution in [0, 0.1) is 6.92 Å². The third-order valence-electron chi connectivity index (χ3n) is 2.99. The van der Waals surface area contributed by atoms with Gasteiger partial charge in [-0.3, -0.25) is 0 Å². The predicted molar refractivity (Wildman–Crippen MR) is 82.7 cm³/mol. The fraction of sp³-hybridized carbons (Fsp3) is 0.200. The first-order chi connectivity index (χ1) is 11.1. The number of hydrogen-bond acceptors (Lipinski definition) is 6. The molecular formula is C15H13ClN4O3. The van der Waals surface area contributed by atoms with Crippen molar-refractivity contribution in [1.29, 1.82) is 0 Å². The zero-order valence-corrected chi connectivity index (χ0v) is 13.0. The summed E-state index contributed by atoms with van der Waals surface area (Å²) in [6.07, 6.45) is 1.60. The molecule has 0 amide bonds. The van der Waals surface area contributed by atoms with E-state index in [-0.39, 0.29) is 19.0 Å². The highest BCUT2D eigenvalue weighted by atomic mass is 35.5. The molecule has 0 aliphatic rings. The predicted octanol–water partition coefficient (Wildman–Crippen LogP) is 2.32. The number of ether oxygens (including phenoxy) is 2. The number of rotatable bonds is 5. The average Bonchev–Trinajstić information content (AvgIpc) is 2.97. The van der Waals surface area contributed by atoms with Crippen molar-refractivity contribution in [3.63, 3.8) is 0 Å². The van der Waals surface area contributed by atoms with Crippen LogP contribution in [0.5, 0.6) is 5.75 Å².